The van der Waals surface area contributed by atoms with Crippen LogP contribution in [0.1, 0.15) is 26.7 Å². The van der Waals surface area contributed by atoms with Gasteiger partial charge in [0.1, 0.15) is 5.52 Å². The van der Waals surface area contributed by atoms with Crippen molar-refractivity contribution in [3.05, 3.63) is 18.2 Å². The van der Waals surface area contributed by atoms with E-state index < -0.39 is 0 Å². The molecule has 0 bridgehead atoms. The molecule has 0 spiro atoms. The summed E-state index contributed by atoms with van der Waals surface area (Å²) in [4.78, 5) is 16.6. The quantitative estimate of drug-likeness (QED) is 0.827. The number of hydrogen-bond acceptors (Lipinski definition) is 5. The predicted molar refractivity (Wildman–Crippen MR) is 106 cm³/mol. The second-order valence-electron chi connectivity index (χ2n) is 6.18. The molecule has 0 radical (unpaired) electrons. The molecule has 25 heavy (non-hydrogen) atoms. The van der Waals surface area contributed by atoms with Gasteiger partial charge in [-0.15, -0.1) is 5.10 Å². The Kier molecular flexibility index (Phi) is 5.80. The van der Waals surface area contributed by atoms with Crippen molar-refractivity contribution in [3.63, 3.8) is 0 Å². The molecule has 0 unspecified atom stereocenters. The maximum Gasteiger partial charge on any atom is 0.227 e. The van der Waals surface area contributed by atoms with Crippen LogP contribution >= 0.6 is 23.8 Å². The molecule has 1 N–H and O–H groups in total. The van der Waals surface area contributed by atoms with Crippen molar-refractivity contribution in [1.29, 1.82) is 0 Å². The molecule has 0 saturated carbocycles. The standard InChI is InChI=1S/C17H23N5OS2/c1-3-21(4-2)16(23)12-6-5-9-22(11-12)17(24)18-13-7-8-15-14(10-13)19-20-25-15/h7-8,10,12H,3-6,9,11H2,1-2H3,(H,18,24)/t12-/m1/s1. The number of hydrogen-bond donors (Lipinski definition) is 1. The summed E-state index contributed by atoms with van der Waals surface area (Å²) in [5, 5.41) is 8.04. The predicted octanol–water partition coefficient (Wildman–Crippen LogP) is 2.97. The van der Waals surface area contributed by atoms with Crippen molar-refractivity contribution in [2.75, 3.05) is 31.5 Å². The molecule has 1 amide bonds. The topological polar surface area (TPSA) is 61.4 Å². The first kappa shape index (κ1) is 18.0. The van der Waals surface area contributed by atoms with Crippen LogP contribution in [0.3, 0.4) is 0 Å². The number of likely N-dealkylation sites (tertiary alicyclic amines) is 1. The number of aromatic nitrogens is 2. The van der Waals surface area contributed by atoms with E-state index >= 15 is 0 Å². The Bertz CT molecular complexity index is 758. The van der Waals surface area contributed by atoms with Gasteiger partial charge in [-0.3, -0.25) is 4.79 Å². The van der Waals surface area contributed by atoms with Crippen molar-refractivity contribution >= 4 is 50.7 Å². The van der Waals surface area contributed by atoms with E-state index in [2.05, 4.69) is 19.8 Å². The van der Waals surface area contributed by atoms with Crippen molar-refractivity contribution in [2.45, 2.75) is 26.7 Å². The molecule has 134 valence electrons. The Morgan fingerprint density at radius 3 is 3.00 bits per heavy atom. The van der Waals surface area contributed by atoms with Crippen LogP contribution in [0.2, 0.25) is 0 Å². The summed E-state index contributed by atoms with van der Waals surface area (Å²) in [7, 11) is 0. The Morgan fingerprint density at radius 1 is 1.44 bits per heavy atom. The molecule has 1 atom stereocenters. The molecule has 1 fully saturated rings. The minimum atomic E-state index is 0.0265. The van der Waals surface area contributed by atoms with E-state index in [4.69, 9.17) is 12.2 Å². The van der Waals surface area contributed by atoms with E-state index in [1.165, 1.54) is 11.5 Å². The monoisotopic (exact) mass is 377 g/mol. The van der Waals surface area contributed by atoms with E-state index in [1.807, 2.05) is 36.9 Å². The molecule has 2 heterocycles. The highest BCUT2D eigenvalue weighted by molar-refractivity contribution is 7.80. The number of piperidine rings is 1. The zero-order chi connectivity index (χ0) is 17.8. The van der Waals surface area contributed by atoms with Gasteiger partial charge in [0.15, 0.2) is 5.11 Å². The number of carbonyl (C=O) groups excluding carboxylic acids is 1. The van der Waals surface area contributed by atoms with Crippen molar-refractivity contribution in [3.8, 4) is 0 Å². The van der Waals surface area contributed by atoms with E-state index in [0.29, 0.717) is 11.7 Å². The first-order valence-electron chi connectivity index (χ1n) is 8.69. The molecular formula is C17H23N5OS2. The first-order chi connectivity index (χ1) is 12.1. The van der Waals surface area contributed by atoms with Gasteiger partial charge in [-0.2, -0.15) is 0 Å². The number of thiocarbonyl (C=S) groups is 1. The molecule has 1 aromatic carbocycles. The maximum absolute atomic E-state index is 12.6. The lowest BCUT2D eigenvalue weighted by Crippen LogP contribution is -2.47. The molecule has 1 aromatic heterocycles. The fourth-order valence-electron chi connectivity index (χ4n) is 3.22. The summed E-state index contributed by atoms with van der Waals surface area (Å²) in [6.45, 7) is 7.14. The number of benzene rings is 1. The van der Waals surface area contributed by atoms with Crippen LogP contribution in [-0.2, 0) is 4.79 Å². The number of rotatable bonds is 4. The highest BCUT2D eigenvalue weighted by atomic mass is 32.1. The van der Waals surface area contributed by atoms with Crippen molar-refractivity contribution in [2.24, 2.45) is 5.92 Å². The minimum absolute atomic E-state index is 0.0265. The van der Waals surface area contributed by atoms with Gasteiger partial charge in [-0.25, -0.2) is 0 Å². The Labute approximate surface area is 157 Å². The summed E-state index contributed by atoms with van der Waals surface area (Å²) in [5.74, 6) is 0.270. The van der Waals surface area contributed by atoms with E-state index in [0.717, 1.165) is 48.4 Å². The van der Waals surface area contributed by atoms with Crippen LogP contribution in [0.15, 0.2) is 18.2 Å². The molecule has 1 saturated heterocycles. The van der Waals surface area contributed by atoms with E-state index in [-0.39, 0.29) is 11.8 Å². The largest absolute Gasteiger partial charge is 0.348 e. The smallest absolute Gasteiger partial charge is 0.227 e. The van der Waals surface area contributed by atoms with Crippen LogP contribution in [0.25, 0.3) is 10.2 Å². The Morgan fingerprint density at radius 2 is 2.24 bits per heavy atom. The van der Waals surface area contributed by atoms with Gasteiger partial charge < -0.3 is 15.1 Å². The summed E-state index contributed by atoms with van der Waals surface area (Å²) >= 11 is 6.96. The maximum atomic E-state index is 12.6. The van der Waals surface area contributed by atoms with Gasteiger partial charge in [0, 0.05) is 31.9 Å². The lowest BCUT2D eigenvalue weighted by Gasteiger charge is -2.36. The van der Waals surface area contributed by atoms with Crippen LogP contribution < -0.4 is 5.32 Å². The summed E-state index contributed by atoms with van der Waals surface area (Å²) < 4.78 is 5.01. The number of anilines is 1. The second kappa shape index (κ2) is 8.05. The van der Waals surface area contributed by atoms with Crippen LogP contribution in [-0.4, -0.2) is 56.6 Å². The highest BCUT2D eigenvalue weighted by Crippen LogP contribution is 2.22. The number of nitrogens with zero attached hydrogens (tertiary/aromatic N) is 4. The molecular weight excluding hydrogens is 354 g/mol. The lowest BCUT2D eigenvalue weighted by molar-refractivity contribution is -0.136. The normalized spacial score (nSPS) is 17.5. The first-order valence-corrected chi connectivity index (χ1v) is 9.87. The molecule has 1 aliphatic heterocycles. The molecule has 8 heteroatoms. The molecule has 6 nitrogen and oxygen atoms in total. The van der Waals surface area contributed by atoms with Crippen LogP contribution in [0.5, 0.6) is 0 Å². The Hall–Kier alpha value is -1.80. The van der Waals surface area contributed by atoms with Gasteiger partial charge >= 0.3 is 0 Å². The van der Waals surface area contributed by atoms with Gasteiger partial charge in [-0.05, 0) is 68.6 Å². The second-order valence-corrected chi connectivity index (χ2v) is 7.35. The third-order valence-electron chi connectivity index (χ3n) is 4.63. The average molecular weight is 378 g/mol. The minimum Gasteiger partial charge on any atom is -0.348 e. The molecule has 0 aliphatic carbocycles. The van der Waals surface area contributed by atoms with Crippen molar-refractivity contribution in [1.82, 2.24) is 19.4 Å². The summed E-state index contributed by atoms with van der Waals surface area (Å²) in [6.07, 6.45) is 1.92. The summed E-state index contributed by atoms with van der Waals surface area (Å²) in [5.41, 5.74) is 1.77. The van der Waals surface area contributed by atoms with Crippen LogP contribution in [0.4, 0.5) is 5.69 Å². The van der Waals surface area contributed by atoms with Gasteiger partial charge in [0.2, 0.25) is 5.91 Å². The summed E-state index contributed by atoms with van der Waals surface area (Å²) in [6, 6.07) is 5.93. The highest BCUT2D eigenvalue weighted by Gasteiger charge is 2.29. The number of nitrogens with one attached hydrogen (secondary N) is 1. The average Bonchev–Trinajstić information content (AvgIpc) is 3.10. The molecule has 2 aromatic rings. The number of carbonyl (C=O) groups is 1. The zero-order valence-electron chi connectivity index (χ0n) is 14.6. The van der Waals surface area contributed by atoms with E-state index in [9.17, 15) is 4.79 Å². The lowest BCUT2D eigenvalue weighted by atomic mass is 9.96. The third-order valence-corrected chi connectivity index (χ3v) is 5.70. The number of amides is 1. The molecule has 3 rings (SSSR count). The zero-order valence-corrected chi connectivity index (χ0v) is 16.2. The third kappa shape index (κ3) is 4.07. The fraction of sp³-hybridized carbons (Fsp3) is 0.529. The fourth-order valence-corrected chi connectivity index (χ4v) is 4.04. The van der Waals surface area contributed by atoms with Gasteiger partial charge in [0.25, 0.3) is 0 Å². The van der Waals surface area contributed by atoms with Crippen molar-refractivity contribution < 1.29 is 4.79 Å². The van der Waals surface area contributed by atoms with Crippen LogP contribution in [0, 0.1) is 5.92 Å². The SMILES string of the molecule is CCN(CC)C(=O)[C@@H]1CCCN(C(=S)Nc2ccc3snnc3c2)C1. The van der Waals surface area contributed by atoms with Gasteiger partial charge in [0.05, 0.1) is 10.6 Å². The molecule has 1 aliphatic rings. The Balaban J connectivity index is 1.64. The van der Waals surface area contributed by atoms with Gasteiger partial charge in [-0.1, -0.05) is 4.49 Å². The van der Waals surface area contributed by atoms with E-state index in [1.54, 1.807) is 0 Å². The number of fused-ring (bicyclic) bond motifs is 1.